The van der Waals surface area contributed by atoms with Crippen molar-refractivity contribution in [2.75, 3.05) is 25.0 Å². The minimum atomic E-state index is -0.912. The van der Waals surface area contributed by atoms with Gasteiger partial charge in [-0.15, -0.1) is 0 Å². The Bertz CT molecular complexity index is 431. The third kappa shape index (κ3) is 3.18. The van der Waals surface area contributed by atoms with Crippen molar-refractivity contribution in [3.8, 4) is 0 Å². The van der Waals surface area contributed by atoms with Gasteiger partial charge in [0.25, 0.3) is 0 Å². The number of carbonyl (C=O) groups excluding carboxylic acids is 1. The van der Waals surface area contributed by atoms with Crippen molar-refractivity contribution < 1.29 is 13.6 Å². The van der Waals surface area contributed by atoms with E-state index in [4.69, 9.17) is 0 Å². The van der Waals surface area contributed by atoms with Crippen LogP contribution in [0.15, 0.2) is 18.2 Å². The largest absolute Gasteiger partial charge is 0.376 e. The maximum Gasteiger partial charge on any atom is 0.241 e. The summed E-state index contributed by atoms with van der Waals surface area (Å²) in [5.74, 6) is -1.80. The van der Waals surface area contributed by atoms with Crippen molar-refractivity contribution in [2.45, 2.75) is 19.3 Å². The molecule has 98 valence electrons. The number of nitrogens with one attached hydrogen (secondary N) is 1. The lowest BCUT2D eigenvalue weighted by atomic mass is 10.1. The molecule has 1 amide bonds. The first-order chi connectivity index (χ1) is 8.66. The normalized spacial score (nSPS) is 15.6. The number of nitrogens with zero attached hydrogens (tertiary/aromatic N) is 1. The fourth-order valence-electron chi connectivity index (χ4n) is 2.04. The van der Waals surface area contributed by atoms with Crippen LogP contribution >= 0.6 is 0 Å². The molecule has 1 aliphatic heterocycles. The van der Waals surface area contributed by atoms with Crippen LogP contribution < -0.4 is 5.32 Å². The van der Waals surface area contributed by atoms with Crippen molar-refractivity contribution in [1.29, 1.82) is 0 Å². The van der Waals surface area contributed by atoms with Gasteiger partial charge in [-0.2, -0.15) is 0 Å². The third-order valence-electron chi connectivity index (χ3n) is 3.07. The number of anilines is 1. The van der Waals surface area contributed by atoms with Crippen LogP contribution in [0.2, 0.25) is 0 Å². The van der Waals surface area contributed by atoms with Gasteiger partial charge in [0, 0.05) is 24.8 Å². The maximum atomic E-state index is 12.9. The van der Waals surface area contributed by atoms with Crippen LogP contribution in [-0.4, -0.2) is 30.4 Å². The molecule has 0 atom stereocenters. The summed E-state index contributed by atoms with van der Waals surface area (Å²) in [4.78, 5) is 13.6. The molecule has 1 heterocycles. The molecule has 0 unspecified atom stereocenters. The predicted molar refractivity (Wildman–Crippen MR) is 65.3 cm³/mol. The van der Waals surface area contributed by atoms with Gasteiger partial charge < -0.3 is 10.2 Å². The molecule has 0 aromatic heterocycles. The van der Waals surface area contributed by atoms with Crippen LogP contribution in [0.5, 0.6) is 0 Å². The molecule has 1 aromatic rings. The first-order valence-corrected chi connectivity index (χ1v) is 6.13. The highest BCUT2D eigenvalue weighted by Gasteiger charge is 2.15. The quantitative estimate of drug-likeness (QED) is 0.898. The van der Waals surface area contributed by atoms with E-state index in [2.05, 4.69) is 5.32 Å². The van der Waals surface area contributed by atoms with Gasteiger partial charge in [0.2, 0.25) is 5.91 Å². The van der Waals surface area contributed by atoms with Crippen LogP contribution in [0.3, 0.4) is 0 Å². The Morgan fingerprint density at radius 3 is 2.56 bits per heavy atom. The van der Waals surface area contributed by atoms with Crippen LogP contribution in [0.25, 0.3) is 0 Å². The van der Waals surface area contributed by atoms with Gasteiger partial charge in [0.15, 0.2) is 11.6 Å². The molecule has 0 saturated carbocycles. The SMILES string of the molecule is O=C(CNc1ccc(F)c(F)c1)N1CCCCC1. The lowest BCUT2D eigenvalue weighted by Gasteiger charge is -2.26. The number of halogens is 2. The molecule has 1 aromatic carbocycles. The molecule has 3 nitrogen and oxygen atoms in total. The number of carbonyl (C=O) groups is 1. The first-order valence-electron chi connectivity index (χ1n) is 6.13. The summed E-state index contributed by atoms with van der Waals surface area (Å²) in [5.41, 5.74) is 0.416. The number of hydrogen-bond donors (Lipinski definition) is 1. The summed E-state index contributed by atoms with van der Waals surface area (Å²) in [6, 6.07) is 3.52. The van der Waals surface area contributed by atoms with Crippen LogP contribution in [-0.2, 0) is 4.79 Å². The van der Waals surface area contributed by atoms with Gasteiger partial charge in [-0.25, -0.2) is 8.78 Å². The Labute approximate surface area is 105 Å². The predicted octanol–water partition coefficient (Wildman–Crippen LogP) is 2.39. The van der Waals surface area contributed by atoms with E-state index < -0.39 is 11.6 Å². The lowest BCUT2D eigenvalue weighted by molar-refractivity contribution is -0.130. The standard InChI is InChI=1S/C13H16F2N2O/c14-11-5-4-10(8-12(11)15)16-9-13(18)17-6-2-1-3-7-17/h4-5,8,16H,1-3,6-7,9H2. The molecule has 0 aliphatic carbocycles. The van der Waals surface area contributed by atoms with E-state index in [1.807, 2.05) is 0 Å². The minimum absolute atomic E-state index is 0.000525. The Kier molecular flexibility index (Phi) is 4.12. The summed E-state index contributed by atoms with van der Waals surface area (Å²) in [5, 5.41) is 2.81. The molecule has 1 saturated heterocycles. The molecular formula is C13H16F2N2O. The molecule has 0 spiro atoms. The Balaban J connectivity index is 1.86. The highest BCUT2D eigenvalue weighted by molar-refractivity contribution is 5.80. The molecule has 2 rings (SSSR count). The number of hydrogen-bond acceptors (Lipinski definition) is 2. The second-order valence-electron chi connectivity index (χ2n) is 4.42. The fraction of sp³-hybridized carbons (Fsp3) is 0.462. The zero-order valence-corrected chi connectivity index (χ0v) is 10.1. The van der Waals surface area contributed by atoms with Crippen molar-refractivity contribution in [2.24, 2.45) is 0 Å². The van der Waals surface area contributed by atoms with Crippen molar-refractivity contribution in [1.82, 2.24) is 4.90 Å². The van der Waals surface area contributed by atoms with E-state index in [0.29, 0.717) is 5.69 Å². The highest BCUT2D eigenvalue weighted by atomic mass is 19.2. The van der Waals surface area contributed by atoms with Crippen LogP contribution in [0.4, 0.5) is 14.5 Å². The van der Waals surface area contributed by atoms with Crippen LogP contribution in [0, 0.1) is 11.6 Å². The van der Waals surface area contributed by atoms with Crippen molar-refractivity contribution >= 4 is 11.6 Å². The Morgan fingerprint density at radius 1 is 1.17 bits per heavy atom. The van der Waals surface area contributed by atoms with E-state index >= 15 is 0 Å². The average molecular weight is 254 g/mol. The second-order valence-corrected chi connectivity index (χ2v) is 4.42. The molecule has 1 N–H and O–H groups in total. The lowest BCUT2D eigenvalue weighted by Crippen LogP contribution is -2.39. The topological polar surface area (TPSA) is 32.3 Å². The van der Waals surface area contributed by atoms with Gasteiger partial charge in [0.05, 0.1) is 6.54 Å². The van der Waals surface area contributed by atoms with Gasteiger partial charge in [0.1, 0.15) is 0 Å². The van der Waals surface area contributed by atoms with E-state index in [-0.39, 0.29) is 12.5 Å². The monoisotopic (exact) mass is 254 g/mol. The van der Waals surface area contributed by atoms with Gasteiger partial charge in [-0.1, -0.05) is 0 Å². The zero-order valence-electron chi connectivity index (χ0n) is 10.1. The molecule has 0 radical (unpaired) electrons. The van der Waals surface area contributed by atoms with E-state index in [1.165, 1.54) is 12.5 Å². The number of rotatable bonds is 3. The van der Waals surface area contributed by atoms with Gasteiger partial charge in [-0.3, -0.25) is 4.79 Å². The number of piperidine rings is 1. The number of benzene rings is 1. The van der Waals surface area contributed by atoms with Gasteiger partial charge >= 0.3 is 0 Å². The van der Waals surface area contributed by atoms with Crippen molar-refractivity contribution in [3.63, 3.8) is 0 Å². The Morgan fingerprint density at radius 2 is 1.89 bits per heavy atom. The zero-order chi connectivity index (χ0) is 13.0. The van der Waals surface area contributed by atoms with Crippen LogP contribution in [0.1, 0.15) is 19.3 Å². The van der Waals surface area contributed by atoms with E-state index in [0.717, 1.165) is 38.1 Å². The third-order valence-corrected chi connectivity index (χ3v) is 3.07. The molecule has 18 heavy (non-hydrogen) atoms. The second kappa shape index (κ2) is 5.80. The number of amides is 1. The summed E-state index contributed by atoms with van der Waals surface area (Å²) < 4.78 is 25.7. The smallest absolute Gasteiger partial charge is 0.241 e. The molecule has 0 bridgehead atoms. The summed E-state index contributed by atoms with van der Waals surface area (Å²) in [7, 11) is 0. The highest BCUT2D eigenvalue weighted by Crippen LogP contribution is 2.13. The van der Waals surface area contributed by atoms with Crippen molar-refractivity contribution in [3.05, 3.63) is 29.8 Å². The molecule has 1 fully saturated rings. The van der Waals surface area contributed by atoms with E-state index in [1.54, 1.807) is 4.90 Å². The minimum Gasteiger partial charge on any atom is -0.376 e. The fourth-order valence-corrected chi connectivity index (χ4v) is 2.04. The Hall–Kier alpha value is -1.65. The maximum absolute atomic E-state index is 12.9. The van der Waals surface area contributed by atoms with Gasteiger partial charge in [-0.05, 0) is 31.4 Å². The van der Waals surface area contributed by atoms with E-state index in [9.17, 15) is 13.6 Å². The average Bonchev–Trinajstić information content (AvgIpc) is 2.41. The summed E-state index contributed by atoms with van der Waals surface area (Å²) in [6.45, 7) is 1.70. The molecule has 1 aliphatic rings. The number of likely N-dealkylation sites (tertiary alicyclic amines) is 1. The summed E-state index contributed by atoms with van der Waals surface area (Å²) >= 11 is 0. The summed E-state index contributed by atoms with van der Waals surface area (Å²) in [6.07, 6.45) is 3.24. The molecular weight excluding hydrogens is 238 g/mol. The molecule has 5 heteroatoms. The first kappa shape index (κ1) is 12.8.